The Morgan fingerprint density at radius 1 is 1.14 bits per heavy atom. The smallest absolute Gasteiger partial charge is 0.173 e. The van der Waals surface area contributed by atoms with Crippen LogP contribution in [0.5, 0.6) is 0 Å². The minimum atomic E-state index is -0.230. The van der Waals surface area contributed by atoms with Crippen molar-refractivity contribution in [1.29, 1.82) is 10.5 Å². The number of carbonyl (C=O) groups excluding carboxylic acids is 1. The highest BCUT2D eigenvalue weighted by Gasteiger charge is 2.15. The second-order valence-electron chi connectivity index (χ2n) is 6.76. The molecule has 0 aliphatic heterocycles. The van der Waals surface area contributed by atoms with E-state index in [9.17, 15) is 15.3 Å². The van der Waals surface area contributed by atoms with Gasteiger partial charge in [0.25, 0.3) is 0 Å². The molecule has 0 bridgehead atoms. The number of nitrogens with zero attached hydrogens (tertiary/aromatic N) is 3. The Hall–Kier alpha value is -3.05. The zero-order valence-electron chi connectivity index (χ0n) is 17.6. The molecule has 1 aromatic rings. The largest absolute Gasteiger partial charge is 0.383 e. The van der Waals surface area contributed by atoms with Crippen LogP contribution >= 0.6 is 0 Å². The third kappa shape index (κ3) is 5.99. The fourth-order valence-electron chi connectivity index (χ4n) is 2.82. The van der Waals surface area contributed by atoms with Crippen LogP contribution < -0.4 is 10.2 Å². The normalized spacial score (nSPS) is 11.9. The van der Waals surface area contributed by atoms with Crippen molar-refractivity contribution in [2.45, 2.75) is 46.5 Å². The van der Waals surface area contributed by atoms with E-state index in [0.717, 1.165) is 29.7 Å². The summed E-state index contributed by atoms with van der Waals surface area (Å²) in [5.74, 6) is -0.230. The summed E-state index contributed by atoms with van der Waals surface area (Å²) in [4.78, 5) is 14.2. The second-order valence-corrected chi connectivity index (χ2v) is 6.76. The standard InChI is InChI=1S/C23H30N4O/c1-6-9-22(28)18(15-24)13-19(16-25)23(26-12-7-2)21-11-10-20(27(4)5)14-17(21)8-3/h10-11,13-14,26H,6-9,12H2,1-5H3/b18-13+,23-19+. The molecule has 0 fully saturated rings. The van der Waals surface area contributed by atoms with Gasteiger partial charge in [-0.05, 0) is 43.0 Å². The van der Waals surface area contributed by atoms with Crippen molar-refractivity contribution in [3.8, 4) is 12.1 Å². The summed E-state index contributed by atoms with van der Waals surface area (Å²) in [6.45, 7) is 6.71. The zero-order valence-corrected chi connectivity index (χ0v) is 17.6. The lowest BCUT2D eigenvalue weighted by Gasteiger charge is -2.19. The molecule has 0 heterocycles. The van der Waals surface area contributed by atoms with E-state index < -0.39 is 0 Å². The van der Waals surface area contributed by atoms with Gasteiger partial charge in [0, 0.05) is 38.3 Å². The van der Waals surface area contributed by atoms with E-state index in [1.165, 1.54) is 6.08 Å². The number of rotatable bonds is 10. The Morgan fingerprint density at radius 3 is 2.36 bits per heavy atom. The molecule has 1 rings (SSSR count). The van der Waals surface area contributed by atoms with Crippen molar-refractivity contribution >= 4 is 17.2 Å². The molecule has 0 aliphatic carbocycles. The number of ketones is 1. The third-order valence-corrected chi connectivity index (χ3v) is 4.38. The first-order valence-corrected chi connectivity index (χ1v) is 9.77. The minimum Gasteiger partial charge on any atom is -0.383 e. The molecule has 0 radical (unpaired) electrons. The maximum absolute atomic E-state index is 12.2. The number of carbonyl (C=O) groups is 1. The van der Waals surface area contributed by atoms with Crippen LogP contribution in [0.4, 0.5) is 5.69 Å². The average Bonchev–Trinajstić information content (AvgIpc) is 2.70. The highest BCUT2D eigenvalue weighted by molar-refractivity contribution is 6.00. The SMILES string of the molecule is CCCN/C(=C(C#N)\C=C(/C#N)C(=O)CCC)c1ccc(N(C)C)cc1CC. The summed E-state index contributed by atoms with van der Waals surface area (Å²) in [7, 11) is 3.98. The van der Waals surface area contributed by atoms with E-state index in [2.05, 4.69) is 24.4 Å². The summed E-state index contributed by atoms with van der Waals surface area (Å²) < 4.78 is 0. The van der Waals surface area contributed by atoms with Gasteiger partial charge in [-0.1, -0.05) is 26.8 Å². The molecule has 0 unspecified atom stereocenters. The molecule has 148 valence electrons. The monoisotopic (exact) mass is 378 g/mol. The van der Waals surface area contributed by atoms with Gasteiger partial charge in [-0.25, -0.2) is 0 Å². The quantitative estimate of drug-likeness (QED) is 0.371. The van der Waals surface area contributed by atoms with Crippen LogP contribution in [0.15, 0.2) is 35.4 Å². The number of Topliss-reactive ketones (excluding diaryl/α,β-unsaturated/α-hetero) is 1. The Kier molecular flexibility index (Phi) is 9.54. The first-order valence-electron chi connectivity index (χ1n) is 9.77. The molecular formula is C23H30N4O. The molecule has 0 spiro atoms. The van der Waals surface area contributed by atoms with Gasteiger partial charge in [-0.2, -0.15) is 10.5 Å². The highest BCUT2D eigenvalue weighted by Crippen LogP contribution is 2.26. The lowest BCUT2D eigenvalue weighted by Crippen LogP contribution is -2.17. The van der Waals surface area contributed by atoms with Crippen molar-refractivity contribution in [2.24, 2.45) is 0 Å². The topological polar surface area (TPSA) is 79.9 Å². The van der Waals surface area contributed by atoms with Gasteiger partial charge in [0.1, 0.15) is 12.1 Å². The summed E-state index contributed by atoms with van der Waals surface area (Å²) in [6.07, 6.45) is 4.08. The van der Waals surface area contributed by atoms with Crippen molar-refractivity contribution in [1.82, 2.24) is 5.32 Å². The lowest BCUT2D eigenvalue weighted by atomic mass is 9.96. The average molecular weight is 379 g/mol. The first kappa shape index (κ1) is 23.0. The first-order chi connectivity index (χ1) is 13.4. The number of hydrogen-bond acceptors (Lipinski definition) is 5. The van der Waals surface area contributed by atoms with E-state index in [4.69, 9.17) is 0 Å². The molecule has 0 aromatic heterocycles. The Bertz CT molecular complexity index is 835. The fraction of sp³-hybridized carbons (Fsp3) is 0.435. The Morgan fingerprint density at radius 2 is 1.86 bits per heavy atom. The number of aryl methyl sites for hydroxylation is 1. The summed E-state index contributed by atoms with van der Waals surface area (Å²) in [5, 5.41) is 22.5. The van der Waals surface area contributed by atoms with Crippen LogP contribution in [0.2, 0.25) is 0 Å². The summed E-state index contributed by atoms with van der Waals surface area (Å²) in [6, 6.07) is 10.3. The van der Waals surface area contributed by atoms with E-state index in [1.54, 1.807) is 0 Å². The Labute approximate surface area is 169 Å². The third-order valence-electron chi connectivity index (χ3n) is 4.38. The molecule has 0 atom stereocenters. The van der Waals surface area contributed by atoms with Crippen LogP contribution in [0.3, 0.4) is 0 Å². The van der Waals surface area contributed by atoms with Crippen LogP contribution in [0.25, 0.3) is 5.70 Å². The predicted molar refractivity (Wildman–Crippen MR) is 115 cm³/mol. The van der Waals surface area contributed by atoms with Crippen molar-refractivity contribution in [2.75, 3.05) is 25.5 Å². The summed E-state index contributed by atoms with van der Waals surface area (Å²) >= 11 is 0. The molecule has 0 amide bonds. The van der Waals surface area contributed by atoms with Crippen LogP contribution in [0, 0.1) is 22.7 Å². The van der Waals surface area contributed by atoms with Gasteiger partial charge in [0.05, 0.1) is 16.8 Å². The summed E-state index contributed by atoms with van der Waals surface area (Å²) in [5.41, 5.74) is 4.11. The van der Waals surface area contributed by atoms with Gasteiger partial charge in [0.2, 0.25) is 0 Å². The predicted octanol–water partition coefficient (Wildman–Crippen LogP) is 4.37. The molecule has 28 heavy (non-hydrogen) atoms. The van der Waals surface area contributed by atoms with E-state index in [-0.39, 0.29) is 11.4 Å². The van der Waals surface area contributed by atoms with E-state index >= 15 is 0 Å². The molecule has 5 nitrogen and oxygen atoms in total. The number of hydrogen-bond donors (Lipinski definition) is 1. The molecule has 1 aromatic carbocycles. The van der Waals surface area contributed by atoms with Crippen LogP contribution in [0.1, 0.15) is 51.2 Å². The van der Waals surface area contributed by atoms with Gasteiger partial charge >= 0.3 is 0 Å². The minimum absolute atomic E-state index is 0.0251. The number of allylic oxidation sites excluding steroid dienone is 3. The molecule has 1 N–H and O–H groups in total. The van der Waals surface area contributed by atoms with Gasteiger partial charge in [-0.15, -0.1) is 0 Å². The zero-order chi connectivity index (χ0) is 21.1. The molecule has 5 heteroatoms. The van der Waals surface area contributed by atoms with Crippen LogP contribution in [-0.4, -0.2) is 26.4 Å². The number of nitrogens with one attached hydrogen (secondary N) is 1. The molecule has 0 aliphatic rings. The second kappa shape index (κ2) is 11.6. The van der Waals surface area contributed by atoms with E-state index in [0.29, 0.717) is 30.7 Å². The fourth-order valence-corrected chi connectivity index (χ4v) is 2.82. The Balaban J connectivity index is 3.64. The molecule has 0 saturated carbocycles. The van der Waals surface area contributed by atoms with Crippen molar-refractivity contribution < 1.29 is 4.79 Å². The molecule has 0 saturated heterocycles. The maximum atomic E-state index is 12.2. The lowest BCUT2D eigenvalue weighted by molar-refractivity contribution is -0.115. The number of nitriles is 2. The maximum Gasteiger partial charge on any atom is 0.173 e. The van der Waals surface area contributed by atoms with Crippen molar-refractivity contribution in [3.05, 3.63) is 46.5 Å². The van der Waals surface area contributed by atoms with Crippen molar-refractivity contribution in [3.63, 3.8) is 0 Å². The number of anilines is 1. The van der Waals surface area contributed by atoms with Gasteiger partial charge < -0.3 is 10.2 Å². The van der Waals surface area contributed by atoms with E-state index in [1.807, 2.05) is 51.0 Å². The van der Waals surface area contributed by atoms with Gasteiger partial charge in [0.15, 0.2) is 5.78 Å². The highest BCUT2D eigenvalue weighted by atomic mass is 16.1. The number of benzene rings is 1. The van der Waals surface area contributed by atoms with Gasteiger partial charge in [-0.3, -0.25) is 4.79 Å². The molecular weight excluding hydrogens is 348 g/mol. The van der Waals surface area contributed by atoms with Crippen LogP contribution in [-0.2, 0) is 11.2 Å².